The Morgan fingerprint density at radius 1 is 1.19 bits per heavy atom. The predicted octanol–water partition coefficient (Wildman–Crippen LogP) is 4.10. The van der Waals surface area contributed by atoms with Gasteiger partial charge in [-0.15, -0.1) is 0 Å². The minimum Gasteiger partial charge on any atom is -0.489 e. The molecule has 0 atom stereocenters. The van der Waals surface area contributed by atoms with Crippen molar-refractivity contribution in [3.8, 4) is 5.75 Å². The number of amides is 1. The first-order valence-electron chi connectivity index (χ1n) is 11.5. The maximum absolute atomic E-state index is 12.3. The lowest BCUT2D eigenvalue weighted by atomic mass is 9.98. The van der Waals surface area contributed by atoms with Crippen LogP contribution in [0.5, 0.6) is 5.75 Å². The Morgan fingerprint density at radius 2 is 1.88 bits per heavy atom. The summed E-state index contributed by atoms with van der Waals surface area (Å²) in [6.45, 7) is 5.71. The van der Waals surface area contributed by atoms with Crippen LogP contribution in [-0.2, 0) is 4.74 Å². The number of pyridine rings is 1. The predicted molar refractivity (Wildman–Crippen MR) is 125 cm³/mol. The van der Waals surface area contributed by atoms with Gasteiger partial charge in [0.2, 0.25) is 0 Å². The highest BCUT2D eigenvalue weighted by Crippen LogP contribution is 2.44. The van der Waals surface area contributed by atoms with Crippen molar-refractivity contribution in [3.63, 3.8) is 0 Å². The fourth-order valence-corrected chi connectivity index (χ4v) is 3.83. The van der Waals surface area contributed by atoms with Crippen LogP contribution >= 0.6 is 0 Å². The minimum absolute atomic E-state index is 0.0697. The van der Waals surface area contributed by atoms with Gasteiger partial charge in [-0.25, -0.2) is 15.6 Å². The van der Waals surface area contributed by atoms with E-state index in [4.69, 9.17) is 26.0 Å². The van der Waals surface area contributed by atoms with E-state index in [2.05, 4.69) is 6.58 Å². The second-order valence-corrected chi connectivity index (χ2v) is 8.74. The average molecular weight is 444 g/mol. The zero-order chi connectivity index (χ0) is 23.3. The molecule has 0 unspecified atom stereocenters. The topological polar surface area (TPSA) is 107 Å². The Morgan fingerprint density at radius 3 is 2.47 bits per heavy atom. The number of hydrazine groups is 1. The Hall–Kier alpha value is -2.74. The van der Waals surface area contributed by atoms with Gasteiger partial charge in [0, 0.05) is 25.7 Å². The zero-order valence-corrected chi connectivity index (χ0v) is 19.6. The van der Waals surface area contributed by atoms with Crippen LogP contribution < -0.4 is 16.3 Å². The molecule has 32 heavy (non-hydrogen) atoms. The summed E-state index contributed by atoms with van der Waals surface area (Å²) in [5.74, 6) is 7.28. The van der Waals surface area contributed by atoms with Gasteiger partial charge in [0.1, 0.15) is 12.4 Å². The summed E-state index contributed by atoms with van der Waals surface area (Å²) in [5.41, 5.74) is 9.54. The molecule has 1 aromatic heterocycles. The molecule has 2 aliphatic rings. The lowest BCUT2D eigenvalue weighted by Crippen LogP contribution is -2.33. The van der Waals surface area contributed by atoms with E-state index < -0.39 is 6.09 Å². The van der Waals surface area contributed by atoms with Crippen LogP contribution in [0.15, 0.2) is 30.1 Å². The van der Waals surface area contributed by atoms with Crippen molar-refractivity contribution < 1.29 is 14.3 Å². The van der Waals surface area contributed by atoms with E-state index in [9.17, 15) is 4.79 Å². The van der Waals surface area contributed by atoms with Crippen LogP contribution in [0, 0.1) is 0 Å². The zero-order valence-electron chi connectivity index (χ0n) is 19.6. The Bertz CT molecular complexity index is 857. The van der Waals surface area contributed by atoms with Gasteiger partial charge in [-0.3, -0.25) is 4.90 Å². The van der Waals surface area contributed by atoms with E-state index in [0.717, 1.165) is 37.1 Å². The third kappa shape index (κ3) is 5.94. The fourth-order valence-electron chi connectivity index (χ4n) is 3.83. The lowest BCUT2D eigenvalue weighted by molar-refractivity contribution is 0.122. The maximum atomic E-state index is 12.3. The summed E-state index contributed by atoms with van der Waals surface area (Å²) < 4.78 is 11.8. The number of rotatable bonds is 9. The van der Waals surface area contributed by atoms with E-state index in [1.807, 2.05) is 19.1 Å². The van der Waals surface area contributed by atoms with Crippen LogP contribution in [-0.4, -0.2) is 47.8 Å². The highest BCUT2D eigenvalue weighted by Gasteiger charge is 2.30. The summed E-state index contributed by atoms with van der Waals surface area (Å²) in [7, 11) is 3.29. The van der Waals surface area contributed by atoms with Gasteiger partial charge in [0.25, 0.3) is 0 Å². The van der Waals surface area contributed by atoms with E-state index in [-0.39, 0.29) is 12.7 Å². The molecule has 4 N–H and O–H groups in total. The smallest absolute Gasteiger partial charge is 0.414 e. The van der Waals surface area contributed by atoms with Crippen LogP contribution in [0.1, 0.15) is 75.6 Å². The van der Waals surface area contributed by atoms with E-state index in [1.54, 1.807) is 14.1 Å². The van der Waals surface area contributed by atoms with Gasteiger partial charge in [0.15, 0.2) is 0 Å². The van der Waals surface area contributed by atoms with Crippen molar-refractivity contribution >= 4 is 11.8 Å². The first kappa shape index (κ1) is 23.9. The van der Waals surface area contributed by atoms with Crippen LogP contribution in [0.3, 0.4) is 0 Å². The number of aromatic nitrogens is 1. The van der Waals surface area contributed by atoms with Crippen molar-refractivity contribution in [2.24, 2.45) is 11.6 Å². The third-order valence-corrected chi connectivity index (χ3v) is 6.20. The van der Waals surface area contributed by atoms with Crippen molar-refractivity contribution in [3.05, 3.63) is 41.5 Å². The van der Waals surface area contributed by atoms with Gasteiger partial charge in [-0.1, -0.05) is 19.9 Å². The molecule has 0 aromatic carbocycles. The van der Waals surface area contributed by atoms with E-state index in [0.29, 0.717) is 35.1 Å². The molecular formula is C24H37N5O3. The number of allylic oxidation sites excluding steroid dienone is 1. The Kier molecular flexibility index (Phi) is 8.01. The standard InChI is InChI=1S/C24H37N5O3/c1-5-16(2)28(3)24(30)31-15-20(29(4)26)22(25)19-13-14-21(23(27-19)17-11-12-17)32-18-9-7-6-8-10-18/h13-14,17-18H,2,5-12,15,25-26H2,1,3-4H3/b22-20-. The molecule has 0 radical (unpaired) electrons. The summed E-state index contributed by atoms with van der Waals surface area (Å²) >= 11 is 0. The molecular weight excluding hydrogens is 406 g/mol. The highest BCUT2D eigenvalue weighted by molar-refractivity contribution is 5.70. The first-order chi connectivity index (χ1) is 15.3. The molecule has 0 saturated heterocycles. The van der Waals surface area contributed by atoms with Crippen LogP contribution in [0.25, 0.3) is 5.70 Å². The summed E-state index contributed by atoms with van der Waals surface area (Å²) in [6.07, 6.45) is 8.54. The molecule has 2 aliphatic carbocycles. The summed E-state index contributed by atoms with van der Waals surface area (Å²) in [5, 5.41) is 1.36. The molecule has 176 valence electrons. The van der Waals surface area contributed by atoms with Crippen molar-refractivity contribution in [2.45, 2.75) is 70.3 Å². The monoisotopic (exact) mass is 443 g/mol. The molecule has 2 fully saturated rings. The number of carbonyl (C=O) groups excluding carboxylic acids is 1. The molecule has 0 spiro atoms. The minimum atomic E-state index is -0.508. The van der Waals surface area contributed by atoms with Crippen LogP contribution in [0.2, 0.25) is 0 Å². The number of carbonyl (C=O) groups is 1. The van der Waals surface area contributed by atoms with Gasteiger partial charge in [-0.2, -0.15) is 0 Å². The van der Waals surface area contributed by atoms with Gasteiger partial charge in [-0.05, 0) is 57.1 Å². The van der Waals surface area contributed by atoms with Crippen molar-refractivity contribution in [1.82, 2.24) is 14.9 Å². The Balaban J connectivity index is 1.79. The number of hydrogen-bond acceptors (Lipinski definition) is 7. The molecule has 1 amide bonds. The lowest BCUT2D eigenvalue weighted by Gasteiger charge is -2.25. The highest BCUT2D eigenvalue weighted by atomic mass is 16.6. The second kappa shape index (κ2) is 10.7. The quantitative estimate of drug-likeness (QED) is 0.437. The molecule has 0 bridgehead atoms. The van der Waals surface area contributed by atoms with Gasteiger partial charge < -0.3 is 20.2 Å². The van der Waals surface area contributed by atoms with Gasteiger partial charge >= 0.3 is 6.09 Å². The Labute approximate surface area is 191 Å². The molecule has 3 rings (SSSR count). The SMILES string of the molecule is C=C(CC)N(C)C(=O)OC/C(=C(/N)c1ccc(OC2CCCCC2)c(C2CC2)n1)N(C)N. The number of ether oxygens (including phenoxy) is 2. The number of nitrogens with zero attached hydrogens (tertiary/aromatic N) is 3. The second-order valence-electron chi connectivity index (χ2n) is 8.74. The first-order valence-corrected chi connectivity index (χ1v) is 11.5. The molecule has 1 heterocycles. The molecule has 2 saturated carbocycles. The van der Waals surface area contributed by atoms with Crippen LogP contribution in [0.4, 0.5) is 4.79 Å². The normalized spacial score (nSPS) is 17.4. The maximum Gasteiger partial charge on any atom is 0.414 e. The van der Waals surface area contributed by atoms with Crippen molar-refractivity contribution in [2.75, 3.05) is 20.7 Å². The number of hydrogen-bond donors (Lipinski definition) is 2. The summed E-state index contributed by atoms with van der Waals surface area (Å²) in [4.78, 5) is 18.5. The average Bonchev–Trinajstić information content (AvgIpc) is 3.64. The fraction of sp³-hybridized carbons (Fsp3) is 0.583. The molecule has 8 heteroatoms. The largest absolute Gasteiger partial charge is 0.489 e. The van der Waals surface area contributed by atoms with Crippen molar-refractivity contribution in [1.29, 1.82) is 0 Å². The third-order valence-electron chi connectivity index (χ3n) is 6.20. The van der Waals surface area contributed by atoms with Gasteiger partial charge in [0.05, 0.1) is 28.9 Å². The molecule has 0 aliphatic heterocycles. The number of likely N-dealkylation sites (N-methyl/N-ethyl adjacent to an activating group) is 1. The summed E-state index contributed by atoms with van der Waals surface area (Å²) in [6, 6.07) is 3.83. The van der Waals surface area contributed by atoms with E-state index in [1.165, 1.54) is 29.2 Å². The molecule has 8 nitrogen and oxygen atoms in total. The van der Waals surface area contributed by atoms with E-state index >= 15 is 0 Å². The number of nitrogens with two attached hydrogens (primary N) is 2. The molecule has 1 aromatic rings.